The zero-order valence-corrected chi connectivity index (χ0v) is 13.9. The highest BCUT2D eigenvalue weighted by Gasteiger charge is 2.39. The summed E-state index contributed by atoms with van der Waals surface area (Å²) in [4.78, 5) is 11.1. The van der Waals surface area contributed by atoms with Crippen molar-refractivity contribution < 1.29 is 15.0 Å². The van der Waals surface area contributed by atoms with Crippen LogP contribution in [-0.4, -0.2) is 16.2 Å². The van der Waals surface area contributed by atoms with Gasteiger partial charge in [-0.1, -0.05) is 47.6 Å². The molecule has 2 aliphatic rings. The van der Waals surface area contributed by atoms with Crippen LogP contribution in [0.4, 0.5) is 0 Å². The van der Waals surface area contributed by atoms with Gasteiger partial charge in [0, 0.05) is 17.9 Å². The van der Waals surface area contributed by atoms with Crippen molar-refractivity contribution in [1.82, 2.24) is 0 Å². The lowest BCUT2D eigenvalue weighted by Crippen LogP contribution is -2.24. The first-order chi connectivity index (χ1) is 9.43. The van der Waals surface area contributed by atoms with Crippen LogP contribution in [0.5, 0.6) is 0 Å². The van der Waals surface area contributed by atoms with Crippen molar-refractivity contribution in [3.8, 4) is 0 Å². The molecule has 0 fully saturated rings. The standard InChI is InChI=1S/C18H26O3/c1-17(2,3)13-7-10(11-9-12(11)16(20)21)8-14(15(13)19)18(4,5)6/h7,10,19H,8-9H2,1-6H3,(H,20,21). The second-order valence-corrected chi connectivity index (χ2v) is 8.20. The van der Waals surface area contributed by atoms with E-state index in [-0.39, 0.29) is 16.7 Å². The van der Waals surface area contributed by atoms with E-state index in [1.165, 1.54) is 0 Å². The van der Waals surface area contributed by atoms with Crippen molar-refractivity contribution in [2.45, 2.75) is 54.4 Å². The van der Waals surface area contributed by atoms with Gasteiger partial charge in [0.05, 0.1) is 0 Å². The van der Waals surface area contributed by atoms with E-state index < -0.39 is 5.97 Å². The maximum absolute atomic E-state index is 11.1. The van der Waals surface area contributed by atoms with E-state index in [0.29, 0.717) is 17.8 Å². The first-order valence-electron chi connectivity index (χ1n) is 7.53. The Morgan fingerprint density at radius 3 is 2.10 bits per heavy atom. The summed E-state index contributed by atoms with van der Waals surface area (Å²) in [6.45, 7) is 12.5. The van der Waals surface area contributed by atoms with E-state index in [9.17, 15) is 9.90 Å². The van der Waals surface area contributed by atoms with E-state index >= 15 is 0 Å². The summed E-state index contributed by atoms with van der Waals surface area (Å²) in [5.41, 5.74) is 3.28. The average Bonchev–Trinajstić information content (AvgIpc) is 3.05. The number of carboxylic acids is 1. The smallest absolute Gasteiger partial charge is 0.331 e. The lowest BCUT2D eigenvalue weighted by Gasteiger charge is -2.35. The number of allylic oxidation sites excluding steroid dienone is 4. The van der Waals surface area contributed by atoms with Crippen molar-refractivity contribution in [2.24, 2.45) is 16.7 Å². The van der Waals surface area contributed by atoms with Gasteiger partial charge in [-0.05, 0) is 34.0 Å². The van der Waals surface area contributed by atoms with Gasteiger partial charge < -0.3 is 10.2 Å². The third kappa shape index (κ3) is 3.07. The number of aliphatic hydroxyl groups is 1. The van der Waals surface area contributed by atoms with Crippen molar-refractivity contribution in [1.29, 1.82) is 0 Å². The molecule has 0 radical (unpaired) electrons. The van der Waals surface area contributed by atoms with E-state index in [1.807, 2.05) is 0 Å². The second kappa shape index (κ2) is 4.75. The van der Waals surface area contributed by atoms with E-state index in [2.05, 4.69) is 47.6 Å². The summed E-state index contributed by atoms with van der Waals surface area (Å²) in [5.74, 6) is -0.272. The SMILES string of the molecule is CC(C)(C)C1=CC(C2=C(C(=O)O)C2)CC(C(C)(C)C)=C1O. The van der Waals surface area contributed by atoms with Crippen LogP contribution in [0.15, 0.2) is 34.1 Å². The Morgan fingerprint density at radius 1 is 1.14 bits per heavy atom. The molecular formula is C18H26O3. The molecule has 0 spiro atoms. The molecule has 0 heterocycles. The second-order valence-electron chi connectivity index (χ2n) is 8.20. The number of hydrogen-bond acceptors (Lipinski definition) is 2. The predicted molar refractivity (Wildman–Crippen MR) is 84.0 cm³/mol. The van der Waals surface area contributed by atoms with Crippen molar-refractivity contribution >= 4 is 5.97 Å². The highest BCUT2D eigenvalue weighted by molar-refractivity contribution is 5.93. The van der Waals surface area contributed by atoms with Gasteiger partial charge in [0.15, 0.2) is 0 Å². The van der Waals surface area contributed by atoms with Crippen LogP contribution in [0.1, 0.15) is 54.4 Å². The Bertz CT molecular complexity index is 575. The molecule has 21 heavy (non-hydrogen) atoms. The third-order valence-electron chi connectivity index (χ3n) is 4.38. The molecule has 0 amide bonds. The molecule has 0 aromatic heterocycles. The molecule has 0 saturated carbocycles. The Balaban J connectivity index is 2.47. The van der Waals surface area contributed by atoms with Gasteiger partial charge in [0.2, 0.25) is 0 Å². The molecule has 1 atom stereocenters. The van der Waals surface area contributed by atoms with Gasteiger partial charge in [0.25, 0.3) is 0 Å². The van der Waals surface area contributed by atoms with Gasteiger partial charge in [0.1, 0.15) is 5.76 Å². The van der Waals surface area contributed by atoms with Gasteiger partial charge >= 0.3 is 5.97 Å². The topological polar surface area (TPSA) is 57.5 Å². The molecule has 0 aromatic rings. The van der Waals surface area contributed by atoms with E-state index in [1.54, 1.807) is 0 Å². The first kappa shape index (κ1) is 15.9. The fourth-order valence-corrected chi connectivity index (χ4v) is 3.02. The van der Waals surface area contributed by atoms with Gasteiger partial charge in [-0.2, -0.15) is 0 Å². The van der Waals surface area contributed by atoms with Gasteiger partial charge in [-0.25, -0.2) is 4.79 Å². The molecule has 0 saturated heterocycles. The minimum Gasteiger partial charge on any atom is -0.508 e. The van der Waals surface area contributed by atoms with Crippen LogP contribution in [0.25, 0.3) is 0 Å². The van der Waals surface area contributed by atoms with E-state index in [0.717, 1.165) is 23.1 Å². The van der Waals surface area contributed by atoms with E-state index in [4.69, 9.17) is 5.11 Å². The van der Waals surface area contributed by atoms with Crippen LogP contribution >= 0.6 is 0 Å². The van der Waals surface area contributed by atoms with Crippen LogP contribution in [0, 0.1) is 16.7 Å². The molecule has 0 bridgehead atoms. The minimum atomic E-state index is -0.799. The fraction of sp³-hybridized carbons (Fsp3) is 0.611. The number of aliphatic hydroxyl groups excluding tert-OH is 1. The van der Waals surface area contributed by atoms with Crippen molar-refractivity contribution in [2.75, 3.05) is 0 Å². The molecule has 2 rings (SSSR count). The lowest BCUT2D eigenvalue weighted by atomic mass is 9.71. The molecule has 2 N–H and O–H groups in total. The highest BCUT2D eigenvalue weighted by atomic mass is 16.4. The Hall–Kier alpha value is -1.51. The molecule has 0 aromatic carbocycles. The molecule has 116 valence electrons. The molecular weight excluding hydrogens is 264 g/mol. The number of aliphatic carboxylic acids is 1. The summed E-state index contributed by atoms with van der Waals surface area (Å²) in [6, 6.07) is 0. The molecule has 3 nitrogen and oxygen atoms in total. The summed E-state index contributed by atoms with van der Waals surface area (Å²) in [7, 11) is 0. The quantitative estimate of drug-likeness (QED) is 0.780. The third-order valence-corrected chi connectivity index (χ3v) is 4.38. The lowest BCUT2D eigenvalue weighted by molar-refractivity contribution is -0.132. The largest absolute Gasteiger partial charge is 0.508 e. The van der Waals surface area contributed by atoms with Crippen LogP contribution in [0.3, 0.4) is 0 Å². The van der Waals surface area contributed by atoms with Crippen molar-refractivity contribution in [3.63, 3.8) is 0 Å². The fourth-order valence-electron chi connectivity index (χ4n) is 3.02. The Morgan fingerprint density at radius 2 is 1.71 bits per heavy atom. The summed E-state index contributed by atoms with van der Waals surface area (Å²) in [6.07, 6.45) is 3.41. The number of hydrogen-bond donors (Lipinski definition) is 2. The average molecular weight is 290 g/mol. The van der Waals surface area contributed by atoms with Gasteiger partial charge in [-0.3, -0.25) is 0 Å². The minimum absolute atomic E-state index is 0.119. The summed E-state index contributed by atoms with van der Waals surface area (Å²) in [5, 5.41) is 19.8. The first-order valence-corrected chi connectivity index (χ1v) is 7.53. The Kier molecular flexibility index (Phi) is 3.59. The maximum Gasteiger partial charge on any atom is 0.331 e. The zero-order chi connectivity index (χ0) is 16.2. The normalized spacial score (nSPS) is 23.3. The van der Waals surface area contributed by atoms with Crippen LogP contribution in [0.2, 0.25) is 0 Å². The molecule has 1 unspecified atom stereocenters. The van der Waals surface area contributed by atoms with Gasteiger partial charge in [-0.15, -0.1) is 0 Å². The highest BCUT2D eigenvalue weighted by Crippen LogP contribution is 2.49. The number of rotatable bonds is 2. The van der Waals surface area contributed by atoms with Crippen LogP contribution < -0.4 is 0 Å². The van der Waals surface area contributed by atoms with Crippen molar-refractivity contribution in [3.05, 3.63) is 34.1 Å². The molecule has 2 aliphatic carbocycles. The summed E-state index contributed by atoms with van der Waals surface area (Å²) < 4.78 is 0. The maximum atomic E-state index is 11.1. The van der Waals surface area contributed by atoms with Crippen LogP contribution in [-0.2, 0) is 4.79 Å². The number of carboxylic acid groups (broad SMARTS) is 1. The monoisotopic (exact) mass is 290 g/mol. The Labute approximate surface area is 127 Å². The zero-order valence-electron chi connectivity index (χ0n) is 13.9. The summed E-state index contributed by atoms with van der Waals surface area (Å²) >= 11 is 0. The molecule has 3 heteroatoms. The molecule has 0 aliphatic heterocycles. The number of carbonyl (C=O) groups is 1. The predicted octanol–water partition coefficient (Wildman–Crippen LogP) is 4.62.